The first-order chi connectivity index (χ1) is 8.95. The third kappa shape index (κ3) is 2.14. The van der Waals surface area contributed by atoms with Gasteiger partial charge < -0.3 is 20.7 Å². The highest BCUT2D eigenvalue weighted by molar-refractivity contribution is 6.21. The molecule has 1 unspecified atom stereocenters. The summed E-state index contributed by atoms with van der Waals surface area (Å²) >= 11 is 6.06. The molecule has 2 rings (SSSR count). The van der Waals surface area contributed by atoms with Gasteiger partial charge in [-0.15, -0.1) is 18.2 Å². The maximum absolute atomic E-state index is 11.7. The Labute approximate surface area is 113 Å². The SMILES string of the molecule is C=C[C@]1(CO)O[C@@H](n2ccc(N)nc2=O)C(Cl)[C@@H]1O. The second kappa shape index (κ2) is 4.93. The Morgan fingerprint density at radius 2 is 2.42 bits per heavy atom. The molecule has 4 N–H and O–H groups in total. The monoisotopic (exact) mass is 287 g/mol. The Bertz CT molecular complexity index is 549. The minimum Gasteiger partial charge on any atom is -0.393 e. The van der Waals surface area contributed by atoms with Crippen molar-refractivity contribution in [2.45, 2.75) is 23.3 Å². The van der Waals surface area contributed by atoms with Crippen LogP contribution in [0.4, 0.5) is 5.82 Å². The molecule has 0 amide bonds. The van der Waals surface area contributed by atoms with Gasteiger partial charge in [-0.05, 0) is 6.07 Å². The second-order valence-electron chi connectivity index (χ2n) is 4.26. The number of aliphatic hydroxyl groups is 2. The van der Waals surface area contributed by atoms with Crippen LogP contribution in [0, 0.1) is 0 Å². The standard InChI is InChI=1S/C11H14ClN3O4/c1-2-11(5-16)8(17)7(12)9(19-11)15-4-3-6(13)14-10(15)18/h2-4,7-9,16-17H,1,5H2,(H2,13,14,18)/t7?,8-,9+,11+/m0/s1. The van der Waals surface area contributed by atoms with Crippen molar-refractivity contribution in [1.82, 2.24) is 9.55 Å². The molecule has 19 heavy (non-hydrogen) atoms. The Hall–Kier alpha value is -1.41. The number of nitrogens with zero attached hydrogens (tertiary/aromatic N) is 2. The number of hydrogen-bond donors (Lipinski definition) is 3. The fourth-order valence-corrected chi connectivity index (χ4v) is 2.37. The van der Waals surface area contributed by atoms with Gasteiger partial charge in [-0.2, -0.15) is 4.98 Å². The molecule has 0 aliphatic carbocycles. The molecule has 1 fully saturated rings. The normalized spacial score (nSPS) is 34.4. The Morgan fingerprint density at radius 3 is 2.89 bits per heavy atom. The van der Waals surface area contributed by atoms with Crippen molar-refractivity contribution in [2.75, 3.05) is 12.3 Å². The molecular formula is C11H14ClN3O4. The number of aliphatic hydroxyl groups excluding tert-OH is 2. The maximum atomic E-state index is 11.7. The van der Waals surface area contributed by atoms with E-state index in [-0.39, 0.29) is 5.82 Å². The van der Waals surface area contributed by atoms with Crippen molar-refractivity contribution in [3.63, 3.8) is 0 Å². The van der Waals surface area contributed by atoms with Crippen molar-refractivity contribution in [2.24, 2.45) is 0 Å². The molecule has 104 valence electrons. The van der Waals surface area contributed by atoms with Crippen LogP contribution in [-0.2, 0) is 4.74 Å². The molecule has 1 aliphatic heterocycles. The molecule has 0 saturated carbocycles. The van der Waals surface area contributed by atoms with E-state index in [1.54, 1.807) is 0 Å². The van der Waals surface area contributed by atoms with E-state index in [9.17, 15) is 15.0 Å². The van der Waals surface area contributed by atoms with Crippen LogP contribution >= 0.6 is 11.6 Å². The predicted molar refractivity (Wildman–Crippen MR) is 68.7 cm³/mol. The molecule has 0 spiro atoms. The van der Waals surface area contributed by atoms with E-state index in [1.807, 2.05) is 0 Å². The number of nitrogens with two attached hydrogens (primary N) is 1. The van der Waals surface area contributed by atoms with Gasteiger partial charge in [0.05, 0.1) is 6.61 Å². The zero-order valence-corrected chi connectivity index (χ0v) is 10.7. The minimum atomic E-state index is -1.40. The summed E-state index contributed by atoms with van der Waals surface area (Å²) in [6.07, 6.45) is 0.463. The van der Waals surface area contributed by atoms with Crippen LogP contribution in [0.25, 0.3) is 0 Å². The number of hydrogen-bond acceptors (Lipinski definition) is 6. The van der Waals surface area contributed by atoms with Gasteiger partial charge in [0.25, 0.3) is 0 Å². The maximum Gasteiger partial charge on any atom is 0.351 e. The van der Waals surface area contributed by atoms with Crippen LogP contribution in [0.2, 0.25) is 0 Å². The molecule has 2 heterocycles. The third-order valence-electron chi connectivity index (χ3n) is 3.13. The molecule has 1 saturated heterocycles. The highest BCUT2D eigenvalue weighted by atomic mass is 35.5. The predicted octanol–water partition coefficient (Wildman–Crippen LogP) is -0.760. The third-order valence-corrected chi connectivity index (χ3v) is 3.59. The Morgan fingerprint density at radius 1 is 1.74 bits per heavy atom. The van der Waals surface area contributed by atoms with E-state index < -0.39 is 35.6 Å². The van der Waals surface area contributed by atoms with Crippen LogP contribution in [0.15, 0.2) is 29.7 Å². The smallest absolute Gasteiger partial charge is 0.351 e. The largest absolute Gasteiger partial charge is 0.393 e. The van der Waals surface area contributed by atoms with Gasteiger partial charge >= 0.3 is 5.69 Å². The van der Waals surface area contributed by atoms with E-state index >= 15 is 0 Å². The lowest BCUT2D eigenvalue weighted by Gasteiger charge is -2.25. The van der Waals surface area contributed by atoms with E-state index in [0.29, 0.717) is 0 Å². The molecule has 0 aromatic carbocycles. The molecule has 0 bridgehead atoms. The van der Waals surface area contributed by atoms with Crippen molar-refractivity contribution in [3.05, 3.63) is 35.4 Å². The average Bonchev–Trinajstić information content (AvgIpc) is 2.64. The summed E-state index contributed by atoms with van der Waals surface area (Å²) < 4.78 is 6.62. The number of halogens is 1. The number of ether oxygens (including phenoxy) is 1. The van der Waals surface area contributed by atoms with Crippen LogP contribution in [0.5, 0.6) is 0 Å². The lowest BCUT2D eigenvalue weighted by molar-refractivity contribution is -0.0972. The molecule has 4 atom stereocenters. The van der Waals surface area contributed by atoms with Gasteiger partial charge in [0, 0.05) is 6.20 Å². The summed E-state index contributed by atoms with van der Waals surface area (Å²) in [6, 6.07) is 1.41. The first kappa shape index (κ1) is 14.0. The summed E-state index contributed by atoms with van der Waals surface area (Å²) in [4.78, 5) is 15.3. The van der Waals surface area contributed by atoms with Gasteiger partial charge in [-0.3, -0.25) is 4.57 Å². The molecule has 1 aromatic rings. The topological polar surface area (TPSA) is 111 Å². The number of alkyl halides is 1. The molecule has 7 nitrogen and oxygen atoms in total. The van der Waals surface area contributed by atoms with Crippen molar-refractivity contribution in [1.29, 1.82) is 0 Å². The zero-order chi connectivity index (χ0) is 14.2. The molecule has 1 aliphatic rings. The molecule has 8 heteroatoms. The van der Waals surface area contributed by atoms with Crippen LogP contribution in [0.3, 0.4) is 0 Å². The Kier molecular flexibility index (Phi) is 3.64. The molecule has 0 radical (unpaired) electrons. The van der Waals surface area contributed by atoms with Crippen molar-refractivity contribution < 1.29 is 14.9 Å². The van der Waals surface area contributed by atoms with Gasteiger partial charge in [0.15, 0.2) is 6.23 Å². The summed E-state index contributed by atoms with van der Waals surface area (Å²) in [5.41, 5.74) is 3.33. The van der Waals surface area contributed by atoms with Gasteiger partial charge in [-0.1, -0.05) is 6.08 Å². The van der Waals surface area contributed by atoms with Crippen LogP contribution in [-0.4, -0.2) is 43.5 Å². The minimum absolute atomic E-state index is 0.0723. The van der Waals surface area contributed by atoms with Crippen LogP contribution < -0.4 is 11.4 Å². The van der Waals surface area contributed by atoms with E-state index in [4.69, 9.17) is 22.1 Å². The number of anilines is 1. The van der Waals surface area contributed by atoms with Crippen molar-refractivity contribution in [3.8, 4) is 0 Å². The van der Waals surface area contributed by atoms with E-state index in [1.165, 1.54) is 18.3 Å². The Balaban J connectivity index is 2.42. The molecule has 1 aromatic heterocycles. The first-order valence-electron chi connectivity index (χ1n) is 5.54. The zero-order valence-electron chi connectivity index (χ0n) is 9.94. The second-order valence-corrected chi connectivity index (χ2v) is 4.76. The lowest BCUT2D eigenvalue weighted by atomic mass is 9.98. The fourth-order valence-electron chi connectivity index (χ4n) is 1.98. The van der Waals surface area contributed by atoms with Gasteiger partial charge in [0.2, 0.25) is 0 Å². The first-order valence-corrected chi connectivity index (χ1v) is 5.98. The highest BCUT2D eigenvalue weighted by Gasteiger charge is 2.53. The average molecular weight is 288 g/mol. The summed E-state index contributed by atoms with van der Waals surface area (Å²) in [6.45, 7) is 3.00. The number of nitrogen functional groups attached to an aromatic ring is 1. The summed E-state index contributed by atoms with van der Waals surface area (Å²) in [5, 5.41) is 18.4. The summed E-state index contributed by atoms with van der Waals surface area (Å²) in [7, 11) is 0. The molecular weight excluding hydrogens is 274 g/mol. The van der Waals surface area contributed by atoms with E-state index in [0.717, 1.165) is 4.57 Å². The quantitative estimate of drug-likeness (QED) is 0.498. The highest BCUT2D eigenvalue weighted by Crippen LogP contribution is 2.40. The van der Waals surface area contributed by atoms with Crippen molar-refractivity contribution >= 4 is 17.4 Å². The lowest BCUT2D eigenvalue weighted by Crippen LogP contribution is -2.43. The summed E-state index contributed by atoms with van der Waals surface area (Å²) in [5.74, 6) is 0.0723. The number of rotatable bonds is 3. The number of aromatic nitrogens is 2. The van der Waals surface area contributed by atoms with Gasteiger partial charge in [-0.25, -0.2) is 4.79 Å². The van der Waals surface area contributed by atoms with Crippen LogP contribution in [0.1, 0.15) is 6.23 Å². The fraction of sp³-hybridized carbons (Fsp3) is 0.455. The van der Waals surface area contributed by atoms with Gasteiger partial charge in [0.1, 0.15) is 22.9 Å². The van der Waals surface area contributed by atoms with E-state index in [2.05, 4.69) is 11.6 Å².